The first kappa shape index (κ1) is 5.65. The maximum absolute atomic E-state index is 3.28. The molecule has 3 nitrogen and oxygen atoms in total. The molecule has 0 saturated heterocycles. The highest BCUT2D eigenvalue weighted by molar-refractivity contribution is 5.27. The summed E-state index contributed by atoms with van der Waals surface area (Å²) in [5.74, 6) is 0. The van der Waals surface area contributed by atoms with E-state index >= 15 is 0 Å². The Morgan fingerprint density at radius 2 is 2.30 bits per heavy atom. The zero-order valence-electron chi connectivity index (χ0n) is 5.78. The van der Waals surface area contributed by atoms with Gasteiger partial charge in [0.1, 0.15) is 0 Å². The molecule has 0 fully saturated rings. The highest BCUT2D eigenvalue weighted by atomic mass is 15.1. The van der Waals surface area contributed by atoms with Crippen LogP contribution in [0.25, 0.3) is 0 Å². The van der Waals surface area contributed by atoms with Gasteiger partial charge in [-0.05, 0) is 12.3 Å². The van der Waals surface area contributed by atoms with Crippen molar-refractivity contribution in [1.29, 1.82) is 0 Å². The van der Waals surface area contributed by atoms with Gasteiger partial charge >= 0.3 is 0 Å². The van der Waals surface area contributed by atoms with Gasteiger partial charge in [-0.15, -0.1) is 0 Å². The molecule has 0 radical (unpaired) electrons. The summed E-state index contributed by atoms with van der Waals surface area (Å²) < 4.78 is 0. The molecule has 0 atom stereocenters. The Hall–Kier alpha value is -1.12. The summed E-state index contributed by atoms with van der Waals surface area (Å²) >= 11 is 0. The molecule has 2 aliphatic rings. The van der Waals surface area contributed by atoms with Crippen LogP contribution in [0.3, 0.4) is 0 Å². The zero-order chi connectivity index (χ0) is 6.81. The number of rotatable bonds is 0. The summed E-state index contributed by atoms with van der Waals surface area (Å²) in [7, 11) is 0. The van der Waals surface area contributed by atoms with Gasteiger partial charge in [0.2, 0.25) is 0 Å². The first-order chi connectivity index (χ1) is 4.97. The van der Waals surface area contributed by atoms with E-state index < -0.39 is 0 Å². The Balaban J connectivity index is 2.22. The molecular formula is C7H11N3. The van der Waals surface area contributed by atoms with E-state index in [4.69, 9.17) is 0 Å². The second-order valence-corrected chi connectivity index (χ2v) is 2.46. The quantitative estimate of drug-likeness (QED) is 0.435. The van der Waals surface area contributed by atoms with Crippen molar-refractivity contribution in [3.8, 4) is 0 Å². The third kappa shape index (κ3) is 0.835. The van der Waals surface area contributed by atoms with Gasteiger partial charge in [0.05, 0.1) is 12.4 Å². The normalized spacial score (nSPS) is 22.4. The topological polar surface area (TPSA) is 36.1 Å². The van der Waals surface area contributed by atoms with E-state index in [1.165, 1.54) is 11.4 Å². The minimum absolute atomic E-state index is 0.884. The van der Waals surface area contributed by atoms with Crippen LogP contribution < -0.4 is 16.0 Å². The Kier molecular flexibility index (Phi) is 1.27. The smallest absolute Gasteiger partial charge is 0.0848 e. The lowest BCUT2D eigenvalue weighted by molar-refractivity contribution is 0.743. The van der Waals surface area contributed by atoms with Gasteiger partial charge in [0.25, 0.3) is 0 Å². The molecule has 3 N–H and O–H groups in total. The molecule has 0 aromatic carbocycles. The van der Waals surface area contributed by atoms with Gasteiger partial charge in [0, 0.05) is 18.7 Å². The summed E-state index contributed by atoms with van der Waals surface area (Å²) in [6.07, 6.45) is 5.15. The largest absolute Gasteiger partial charge is 0.390 e. The van der Waals surface area contributed by atoms with Crippen LogP contribution in [-0.2, 0) is 0 Å². The minimum Gasteiger partial charge on any atom is -0.390 e. The standard InChI is InChI=1S/C7H11N3/c1-3-8-4-2-7-6(1)9-5-10-7/h1,3,8-10H,2,4-5H2. The average Bonchev–Trinajstić information content (AvgIpc) is 2.28. The van der Waals surface area contributed by atoms with Gasteiger partial charge in [-0.25, -0.2) is 0 Å². The Bertz CT molecular complexity index is 193. The molecule has 0 amide bonds. The summed E-state index contributed by atoms with van der Waals surface area (Å²) in [5, 5.41) is 9.69. The van der Waals surface area contributed by atoms with Crippen LogP contribution in [0.1, 0.15) is 6.42 Å². The van der Waals surface area contributed by atoms with Crippen LogP contribution in [-0.4, -0.2) is 13.2 Å². The van der Waals surface area contributed by atoms with E-state index in [-0.39, 0.29) is 0 Å². The molecule has 0 saturated carbocycles. The number of hydrogen-bond acceptors (Lipinski definition) is 3. The first-order valence-electron chi connectivity index (χ1n) is 3.57. The lowest BCUT2D eigenvalue weighted by atomic mass is 10.3. The van der Waals surface area contributed by atoms with Crippen LogP contribution >= 0.6 is 0 Å². The van der Waals surface area contributed by atoms with Crippen LogP contribution in [0.5, 0.6) is 0 Å². The second kappa shape index (κ2) is 2.25. The van der Waals surface area contributed by atoms with E-state index in [2.05, 4.69) is 22.0 Å². The first-order valence-corrected chi connectivity index (χ1v) is 3.57. The van der Waals surface area contributed by atoms with E-state index in [9.17, 15) is 0 Å². The molecule has 0 aliphatic carbocycles. The van der Waals surface area contributed by atoms with Crippen LogP contribution in [0.15, 0.2) is 23.7 Å². The number of allylic oxidation sites excluding steroid dienone is 1. The third-order valence-corrected chi connectivity index (χ3v) is 1.79. The van der Waals surface area contributed by atoms with Crippen molar-refractivity contribution in [2.24, 2.45) is 0 Å². The highest BCUT2D eigenvalue weighted by Gasteiger charge is 2.10. The maximum atomic E-state index is 3.28. The molecule has 3 heteroatoms. The van der Waals surface area contributed by atoms with Gasteiger partial charge in [0.15, 0.2) is 0 Å². The molecule has 0 unspecified atom stereocenters. The van der Waals surface area contributed by atoms with Crippen molar-refractivity contribution in [2.75, 3.05) is 13.2 Å². The minimum atomic E-state index is 0.884. The van der Waals surface area contributed by atoms with Crippen LogP contribution in [0, 0.1) is 0 Å². The summed E-state index contributed by atoms with van der Waals surface area (Å²) in [4.78, 5) is 0. The van der Waals surface area contributed by atoms with Gasteiger partial charge in [-0.2, -0.15) is 0 Å². The van der Waals surface area contributed by atoms with Crippen molar-refractivity contribution >= 4 is 0 Å². The SMILES string of the molecule is C1=CC2=C(CCN1)NCN2. The van der Waals surface area contributed by atoms with Crippen molar-refractivity contribution in [2.45, 2.75) is 6.42 Å². The van der Waals surface area contributed by atoms with Crippen molar-refractivity contribution < 1.29 is 0 Å². The molecule has 2 aliphatic heterocycles. The summed E-state index contributed by atoms with van der Waals surface area (Å²) in [6, 6.07) is 0. The molecule has 2 rings (SSSR count). The second-order valence-electron chi connectivity index (χ2n) is 2.46. The fourth-order valence-electron chi connectivity index (χ4n) is 1.25. The van der Waals surface area contributed by atoms with Crippen molar-refractivity contribution in [3.63, 3.8) is 0 Å². The van der Waals surface area contributed by atoms with Crippen LogP contribution in [0.4, 0.5) is 0 Å². The fraction of sp³-hybridized carbons (Fsp3) is 0.429. The molecular weight excluding hydrogens is 126 g/mol. The average molecular weight is 137 g/mol. The van der Waals surface area contributed by atoms with Gasteiger partial charge in [-0.1, -0.05) is 0 Å². The molecule has 0 aromatic heterocycles. The molecule has 10 heavy (non-hydrogen) atoms. The summed E-state index contributed by atoms with van der Waals surface area (Å²) in [6.45, 7) is 1.92. The van der Waals surface area contributed by atoms with Gasteiger partial charge < -0.3 is 16.0 Å². The van der Waals surface area contributed by atoms with Crippen molar-refractivity contribution in [1.82, 2.24) is 16.0 Å². The Morgan fingerprint density at radius 3 is 3.30 bits per heavy atom. The van der Waals surface area contributed by atoms with Gasteiger partial charge in [-0.3, -0.25) is 0 Å². The summed E-state index contributed by atoms with van der Waals surface area (Å²) in [5.41, 5.74) is 2.58. The van der Waals surface area contributed by atoms with Crippen LogP contribution in [0.2, 0.25) is 0 Å². The predicted molar refractivity (Wildman–Crippen MR) is 39.9 cm³/mol. The zero-order valence-corrected chi connectivity index (χ0v) is 5.78. The van der Waals surface area contributed by atoms with E-state index in [0.717, 1.165) is 19.6 Å². The molecule has 2 heterocycles. The van der Waals surface area contributed by atoms with E-state index in [0.29, 0.717) is 0 Å². The third-order valence-electron chi connectivity index (χ3n) is 1.79. The fourth-order valence-corrected chi connectivity index (χ4v) is 1.25. The van der Waals surface area contributed by atoms with E-state index in [1.54, 1.807) is 0 Å². The number of hydrogen-bond donors (Lipinski definition) is 3. The molecule has 54 valence electrons. The lowest BCUT2D eigenvalue weighted by Gasteiger charge is -2.00. The van der Waals surface area contributed by atoms with Crippen molar-refractivity contribution in [3.05, 3.63) is 23.7 Å². The van der Waals surface area contributed by atoms with E-state index in [1.807, 2.05) is 6.20 Å². The number of nitrogens with one attached hydrogen (secondary N) is 3. The lowest BCUT2D eigenvalue weighted by Crippen LogP contribution is -2.17. The Morgan fingerprint density at radius 1 is 1.30 bits per heavy atom. The molecule has 0 spiro atoms. The molecule has 0 aromatic rings. The highest BCUT2D eigenvalue weighted by Crippen LogP contribution is 2.10. The maximum Gasteiger partial charge on any atom is 0.0848 e. The monoisotopic (exact) mass is 137 g/mol. The Labute approximate surface area is 60.2 Å². The predicted octanol–water partition coefficient (Wildman–Crippen LogP) is -0.145. The molecule has 0 bridgehead atoms.